The molecular weight excluding hydrogens is 228 g/mol. The SMILES string of the molecule is Cc1nn(C)c(NCCCn2ccnc2)c1C#N. The van der Waals surface area contributed by atoms with Crippen LogP contribution in [0.3, 0.4) is 0 Å². The maximum absolute atomic E-state index is 9.06. The third-order valence-electron chi connectivity index (χ3n) is 2.78. The lowest BCUT2D eigenvalue weighted by Gasteiger charge is -2.07. The lowest BCUT2D eigenvalue weighted by molar-refractivity contribution is 0.656. The Morgan fingerprint density at radius 3 is 3.00 bits per heavy atom. The summed E-state index contributed by atoms with van der Waals surface area (Å²) in [6.07, 6.45) is 6.47. The van der Waals surface area contributed by atoms with E-state index in [4.69, 9.17) is 5.26 Å². The Kier molecular flexibility index (Phi) is 3.63. The molecule has 1 N–H and O–H groups in total. The Balaban J connectivity index is 1.89. The van der Waals surface area contributed by atoms with E-state index in [1.54, 1.807) is 17.2 Å². The first-order valence-electron chi connectivity index (χ1n) is 5.85. The van der Waals surface area contributed by atoms with Gasteiger partial charge in [-0.05, 0) is 13.3 Å². The van der Waals surface area contributed by atoms with Crippen LogP contribution in [0.1, 0.15) is 17.7 Å². The van der Waals surface area contributed by atoms with Crippen LogP contribution in [0.5, 0.6) is 0 Å². The molecule has 2 rings (SSSR count). The number of rotatable bonds is 5. The molecule has 0 radical (unpaired) electrons. The number of hydrogen-bond donors (Lipinski definition) is 1. The Hall–Kier alpha value is -2.29. The predicted octanol–water partition coefficient (Wildman–Crippen LogP) is 1.30. The third kappa shape index (κ3) is 2.51. The Morgan fingerprint density at radius 2 is 2.33 bits per heavy atom. The minimum atomic E-state index is 0.625. The molecule has 0 aliphatic carbocycles. The molecule has 0 aromatic carbocycles. The van der Waals surface area contributed by atoms with Crippen LogP contribution in [0, 0.1) is 18.3 Å². The van der Waals surface area contributed by atoms with Gasteiger partial charge >= 0.3 is 0 Å². The van der Waals surface area contributed by atoms with Crippen molar-refractivity contribution in [2.45, 2.75) is 19.9 Å². The minimum absolute atomic E-state index is 0.625. The normalized spacial score (nSPS) is 10.3. The maximum Gasteiger partial charge on any atom is 0.142 e. The first-order valence-corrected chi connectivity index (χ1v) is 5.85. The van der Waals surface area contributed by atoms with Gasteiger partial charge in [-0.15, -0.1) is 0 Å². The summed E-state index contributed by atoms with van der Waals surface area (Å²) in [4.78, 5) is 3.99. The summed E-state index contributed by atoms with van der Waals surface area (Å²) in [7, 11) is 1.84. The van der Waals surface area contributed by atoms with Gasteiger partial charge in [0.05, 0.1) is 12.0 Å². The predicted molar refractivity (Wildman–Crippen MR) is 68.0 cm³/mol. The zero-order valence-corrected chi connectivity index (χ0v) is 10.6. The number of nitrogens with zero attached hydrogens (tertiary/aromatic N) is 5. The van der Waals surface area contributed by atoms with Crippen molar-refractivity contribution in [1.29, 1.82) is 5.26 Å². The van der Waals surface area contributed by atoms with Crippen molar-refractivity contribution in [2.75, 3.05) is 11.9 Å². The highest BCUT2D eigenvalue weighted by Gasteiger charge is 2.11. The van der Waals surface area contributed by atoms with E-state index in [1.807, 2.05) is 24.7 Å². The van der Waals surface area contributed by atoms with Gasteiger partial charge < -0.3 is 9.88 Å². The molecule has 0 saturated carbocycles. The van der Waals surface area contributed by atoms with Crippen LogP contribution < -0.4 is 5.32 Å². The Labute approximate surface area is 106 Å². The van der Waals surface area contributed by atoms with Crippen molar-refractivity contribution < 1.29 is 0 Å². The van der Waals surface area contributed by atoms with E-state index in [0.717, 1.165) is 31.0 Å². The van der Waals surface area contributed by atoms with Gasteiger partial charge in [0, 0.05) is 32.5 Å². The fourth-order valence-electron chi connectivity index (χ4n) is 1.88. The van der Waals surface area contributed by atoms with Crippen LogP contribution in [0.4, 0.5) is 5.82 Å². The molecule has 0 fully saturated rings. The molecule has 0 bridgehead atoms. The maximum atomic E-state index is 9.06. The molecular formula is C12H16N6. The highest BCUT2D eigenvalue weighted by Crippen LogP contribution is 2.16. The van der Waals surface area contributed by atoms with E-state index in [2.05, 4.69) is 21.5 Å². The van der Waals surface area contributed by atoms with Crippen molar-refractivity contribution in [3.05, 3.63) is 30.0 Å². The molecule has 0 saturated heterocycles. The van der Waals surface area contributed by atoms with E-state index in [-0.39, 0.29) is 0 Å². The minimum Gasteiger partial charge on any atom is -0.369 e. The summed E-state index contributed by atoms with van der Waals surface area (Å²) in [6, 6.07) is 2.18. The standard InChI is InChI=1S/C12H16N6/c1-10-11(8-13)12(17(2)16-10)15-4-3-6-18-7-5-14-9-18/h5,7,9,15H,3-4,6H2,1-2H3. The van der Waals surface area contributed by atoms with E-state index in [9.17, 15) is 0 Å². The number of anilines is 1. The third-order valence-corrected chi connectivity index (χ3v) is 2.78. The van der Waals surface area contributed by atoms with Crippen molar-refractivity contribution in [2.24, 2.45) is 7.05 Å². The summed E-state index contributed by atoms with van der Waals surface area (Å²) >= 11 is 0. The van der Waals surface area contributed by atoms with E-state index >= 15 is 0 Å². The van der Waals surface area contributed by atoms with E-state index in [1.165, 1.54) is 0 Å². The Morgan fingerprint density at radius 1 is 1.50 bits per heavy atom. The van der Waals surface area contributed by atoms with Crippen LogP contribution in [-0.2, 0) is 13.6 Å². The number of aromatic nitrogens is 4. The van der Waals surface area contributed by atoms with E-state index in [0.29, 0.717) is 5.56 Å². The smallest absolute Gasteiger partial charge is 0.142 e. The average molecular weight is 244 g/mol. The highest BCUT2D eigenvalue weighted by molar-refractivity contribution is 5.54. The van der Waals surface area contributed by atoms with Crippen molar-refractivity contribution in [1.82, 2.24) is 19.3 Å². The summed E-state index contributed by atoms with van der Waals surface area (Å²) in [5.41, 5.74) is 1.39. The van der Waals surface area contributed by atoms with Gasteiger partial charge in [-0.3, -0.25) is 4.68 Å². The number of nitriles is 1. The lowest BCUT2D eigenvalue weighted by Crippen LogP contribution is -2.09. The molecule has 0 aliphatic heterocycles. The second-order valence-electron chi connectivity index (χ2n) is 4.13. The van der Waals surface area contributed by atoms with Crippen molar-refractivity contribution in [3.8, 4) is 6.07 Å². The summed E-state index contributed by atoms with van der Waals surface area (Å²) in [5.74, 6) is 0.792. The van der Waals surface area contributed by atoms with Crippen molar-refractivity contribution >= 4 is 5.82 Å². The van der Waals surface area contributed by atoms with Gasteiger partial charge in [-0.1, -0.05) is 0 Å². The van der Waals surface area contributed by atoms with Gasteiger partial charge in [-0.25, -0.2) is 4.98 Å². The summed E-state index contributed by atoms with van der Waals surface area (Å²) < 4.78 is 3.74. The van der Waals surface area contributed by atoms with E-state index < -0.39 is 0 Å². The van der Waals surface area contributed by atoms with Gasteiger partial charge in [0.1, 0.15) is 17.5 Å². The lowest BCUT2D eigenvalue weighted by atomic mass is 10.2. The first kappa shape index (κ1) is 12.2. The molecule has 2 heterocycles. The molecule has 0 unspecified atom stereocenters. The van der Waals surface area contributed by atoms with Crippen molar-refractivity contribution in [3.63, 3.8) is 0 Å². The zero-order valence-electron chi connectivity index (χ0n) is 10.6. The first-order chi connectivity index (χ1) is 8.72. The second-order valence-corrected chi connectivity index (χ2v) is 4.13. The number of imidazole rings is 1. The van der Waals surface area contributed by atoms with Crippen LogP contribution in [0.2, 0.25) is 0 Å². The molecule has 6 heteroatoms. The van der Waals surface area contributed by atoms with Gasteiger partial charge in [0.2, 0.25) is 0 Å². The molecule has 0 spiro atoms. The molecule has 0 atom stereocenters. The van der Waals surface area contributed by atoms with Gasteiger partial charge in [-0.2, -0.15) is 10.4 Å². The van der Waals surface area contributed by atoms with Gasteiger partial charge in [0.25, 0.3) is 0 Å². The van der Waals surface area contributed by atoms with Gasteiger partial charge in [0.15, 0.2) is 0 Å². The largest absolute Gasteiger partial charge is 0.369 e. The zero-order chi connectivity index (χ0) is 13.0. The molecule has 2 aromatic rings. The average Bonchev–Trinajstić information content (AvgIpc) is 2.93. The van der Waals surface area contributed by atoms with Crippen LogP contribution in [-0.4, -0.2) is 25.9 Å². The highest BCUT2D eigenvalue weighted by atomic mass is 15.3. The molecule has 0 aliphatic rings. The Bertz CT molecular complexity index is 546. The monoisotopic (exact) mass is 244 g/mol. The number of aryl methyl sites for hydroxylation is 3. The fourth-order valence-corrected chi connectivity index (χ4v) is 1.88. The fraction of sp³-hybridized carbons (Fsp3) is 0.417. The molecule has 94 valence electrons. The summed E-state index contributed by atoms with van der Waals surface area (Å²) in [5, 5.41) is 16.6. The van der Waals surface area contributed by atoms with Crippen LogP contribution in [0.15, 0.2) is 18.7 Å². The second kappa shape index (κ2) is 5.36. The molecule has 0 amide bonds. The topological polar surface area (TPSA) is 71.5 Å². The van der Waals surface area contributed by atoms with Crippen LogP contribution >= 0.6 is 0 Å². The summed E-state index contributed by atoms with van der Waals surface area (Å²) in [6.45, 7) is 3.55. The quantitative estimate of drug-likeness (QED) is 0.805. The molecule has 18 heavy (non-hydrogen) atoms. The molecule has 2 aromatic heterocycles. The van der Waals surface area contributed by atoms with Crippen LogP contribution in [0.25, 0.3) is 0 Å². The number of hydrogen-bond acceptors (Lipinski definition) is 4. The number of nitrogens with one attached hydrogen (secondary N) is 1. The molecule has 6 nitrogen and oxygen atoms in total.